The van der Waals surface area contributed by atoms with Crippen LogP contribution < -0.4 is 0 Å². The van der Waals surface area contributed by atoms with Crippen molar-refractivity contribution in [3.05, 3.63) is 23.5 Å². The van der Waals surface area contributed by atoms with E-state index < -0.39 is 0 Å². The number of allylic oxidation sites excluding steroid dienone is 4. The van der Waals surface area contributed by atoms with Gasteiger partial charge >= 0.3 is 0 Å². The summed E-state index contributed by atoms with van der Waals surface area (Å²) in [6.45, 7) is 4.84. The molecule has 1 atom stereocenters. The predicted octanol–water partition coefficient (Wildman–Crippen LogP) is 2.46. The van der Waals surface area contributed by atoms with Crippen LogP contribution in [0.4, 0.5) is 0 Å². The molecule has 0 spiro atoms. The number of fused-ring (bicyclic) bond motifs is 1. The zero-order valence-corrected chi connectivity index (χ0v) is 8.75. The Morgan fingerprint density at radius 2 is 2.29 bits per heavy atom. The van der Waals surface area contributed by atoms with Gasteiger partial charge in [0.05, 0.1) is 12.5 Å². The highest BCUT2D eigenvalue weighted by atomic mass is 16.5. The van der Waals surface area contributed by atoms with Crippen molar-refractivity contribution in [1.29, 1.82) is 0 Å². The van der Waals surface area contributed by atoms with Gasteiger partial charge in [0, 0.05) is 6.42 Å². The van der Waals surface area contributed by atoms with E-state index in [1.165, 1.54) is 5.57 Å². The number of hydrogen-bond donors (Lipinski definition) is 0. The monoisotopic (exact) mass is 192 g/mol. The van der Waals surface area contributed by atoms with Gasteiger partial charge in [-0.2, -0.15) is 0 Å². The van der Waals surface area contributed by atoms with Gasteiger partial charge in [0.15, 0.2) is 0 Å². The fourth-order valence-corrected chi connectivity index (χ4v) is 2.10. The standard InChI is InChI=1S/C12H16O2/c1-8(2)9-4-3-5-10-11(13)6-7-14-12(9)10/h3-4,8,10H,5-7H2,1-2H3. The molecule has 14 heavy (non-hydrogen) atoms. The average Bonchev–Trinajstić information content (AvgIpc) is 2.17. The maximum Gasteiger partial charge on any atom is 0.147 e. The Hall–Kier alpha value is -1.05. The lowest BCUT2D eigenvalue weighted by Crippen LogP contribution is -2.28. The van der Waals surface area contributed by atoms with Crippen molar-refractivity contribution in [3.63, 3.8) is 0 Å². The number of Topliss-reactive ketones (excluding diaryl/α,β-unsaturated/α-hetero) is 1. The topological polar surface area (TPSA) is 26.3 Å². The lowest BCUT2D eigenvalue weighted by molar-refractivity contribution is -0.126. The molecule has 2 heteroatoms. The second-order valence-electron chi connectivity index (χ2n) is 4.23. The minimum absolute atomic E-state index is 0.0196. The normalized spacial score (nSPS) is 26.5. The Bertz CT molecular complexity index is 310. The second-order valence-corrected chi connectivity index (χ2v) is 4.23. The number of ether oxygens (including phenoxy) is 1. The first-order valence-electron chi connectivity index (χ1n) is 5.26. The molecule has 1 aliphatic heterocycles. The van der Waals surface area contributed by atoms with Crippen molar-refractivity contribution < 1.29 is 9.53 Å². The Kier molecular flexibility index (Phi) is 2.44. The molecule has 1 heterocycles. The van der Waals surface area contributed by atoms with Crippen LogP contribution >= 0.6 is 0 Å². The second kappa shape index (κ2) is 3.60. The van der Waals surface area contributed by atoms with Crippen LogP contribution in [0.5, 0.6) is 0 Å². The number of carbonyl (C=O) groups excluding carboxylic acids is 1. The summed E-state index contributed by atoms with van der Waals surface area (Å²) in [5.41, 5.74) is 1.20. The number of rotatable bonds is 1. The molecule has 0 bridgehead atoms. The molecule has 2 rings (SSSR count). The van der Waals surface area contributed by atoms with Gasteiger partial charge in [0.1, 0.15) is 11.5 Å². The summed E-state index contributed by atoms with van der Waals surface area (Å²) >= 11 is 0. The highest BCUT2D eigenvalue weighted by molar-refractivity contribution is 5.85. The number of ketones is 1. The zero-order valence-electron chi connectivity index (χ0n) is 8.75. The van der Waals surface area contributed by atoms with E-state index in [4.69, 9.17) is 4.74 Å². The molecule has 1 unspecified atom stereocenters. The van der Waals surface area contributed by atoms with Gasteiger partial charge < -0.3 is 4.74 Å². The molecule has 1 fully saturated rings. The summed E-state index contributed by atoms with van der Waals surface area (Å²) in [4.78, 5) is 11.6. The highest BCUT2D eigenvalue weighted by Gasteiger charge is 2.31. The molecule has 76 valence electrons. The van der Waals surface area contributed by atoms with Crippen LogP contribution in [0.3, 0.4) is 0 Å². The fraction of sp³-hybridized carbons (Fsp3) is 0.583. The van der Waals surface area contributed by atoms with Crippen molar-refractivity contribution in [3.8, 4) is 0 Å². The molecule has 2 nitrogen and oxygen atoms in total. The molecular weight excluding hydrogens is 176 g/mol. The van der Waals surface area contributed by atoms with Crippen LogP contribution in [-0.4, -0.2) is 12.4 Å². The van der Waals surface area contributed by atoms with E-state index in [1.54, 1.807) is 0 Å². The molecule has 0 N–H and O–H groups in total. The highest BCUT2D eigenvalue weighted by Crippen LogP contribution is 2.34. The molecule has 2 aliphatic rings. The van der Waals surface area contributed by atoms with Gasteiger partial charge in [-0.05, 0) is 17.9 Å². The molecule has 1 saturated heterocycles. The minimum Gasteiger partial charge on any atom is -0.496 e. The summed E-state index contributed by atoms with van der Waals surface area (Å²) in [6.07, 6.45) is 5.60. The van der Waals surface area contributed by atoms with E-state index in [0.717, 1.165) is 12.2 Å². The molecule has 0 radical (unpaired) electrons. The first kappa shape index (κ1) is 9.50. The first-order valence-corrected chi connectivity index (χ1v) is 5.26. The lowest BCUT2D eigenvalue weighted by atomic mass is 9.84. The summed E-state index contributed by atoms with van der Waals surface area (Å²) < 4.78 is 5.63. The fourth-order valence-electron chi connectivity index (χ4n) is 2.10. The van der Waals surface area contributed by atoms with Crippen LogP contribution in [0.15, 0.2) is 23.5 Å². The summed E-state index contributed by atoms with van der Waals surface area (Å²) in [7, 11) is 0. The SMILES string of the molecule is CC(C)C1=C2OCCC(=O)C2CC=C1. The van der Waals surface area contributed by atoms with E-state index >= 15 is 0 Å². The number of hydrogen-bond acceptors (Lipinski definition) is 2. The van der Waals surface area contributed by atoms with Crippen molar-refractivity contribution in [2.75, 3.05) is 6.61 Å². The van der Waals surface area contributed by atoms with Gasteiger partial charge in [0.25, 0.3) is 0 Å². The molecule has 0 aromatic rings. The van der Waals surface area contributed by atoms with E-state index in [0.29, 0.717) is 24.7 Å². The van der Waals surface area contributed by atoms with Gasteiger partial charge in [-0.3, -0.25) is 4.79 Å². The zero-order chi connectivity index (χ0) is 10.1. The molecule has 0 aromatic heterocycles. The van der Waals surface area contributed by atoms with Gasteiger partial charge in [-0.15, -0.1) is 0 Å². The van der Waals surface area contributed by atoms with E-state index in [-0.39, 0.29) is 5.92 Å². The van der Waals surface area contributed by atoms with Crippen LogP contribution in [0.25, 0.3) is 0 Å². The Balaban J connectivity index is 2.36. The van der Waals surface area contributed by atoms with Crippen molar-refractivity contribution >= 4 is 5.78 Å². The van der Waals surface area contributed by atoms with Crippen LogP contribution in [0.2, 0.25) is 0 Å². The summed E-state index contributed by atoms with van der Waals surface area (Å²) in [6, 6.07) is 0. The molecule has 0 amide bonds. The third-order valence-electron chi connectivity index (χ3n) is 2.89. The Labute approximate surface area is 84.6 Å². The van der Waals surface area contributed by atoms with Gasteiger partial charge in [-0.1, -0.05) is 26.0 Å². The van der Waals surface area contributed by atoms with Gasteiger partial charge in [-0.25, -0.2) is 0 Å². The van der Waals surface area contributed by atoms with E-state index in [1.807, 2.05) is 0 Å². The quantitative estimate of drug-likeness (QED) is 0.638. The molecule has 1 aliphatic carbocycles. The third kappa shape index (κ3) is 1.49. The van der Waals surface area contributed by atoms with Crippen molar-refractivity contribution in [2.45, 2.75) is 26.7 Å². The third-order valence-corrected chi connectivity index (χ3v) is 2.89. The smallest absolute Gasteiger partial charge is 0.147 e. The largest absolute Gasteiger partial charge is 0.496 e. The Morgan fingerprint density at radius 3 is 3.00 bits per heavy atom. The number of carbonyl (C=O) groups is 1. The molecular formula is C12H16O2. The van der Waals surface area contributed by atoms with Crippen LogP contribution in [-0.2, 0) is 9.53 Å². The summed E-state index contributed by atoms with van der Waals surface area (Å²) in [5, 5.41) is 0. The minimum atomic E-state index is 0.0196. The molecule has 0 aromatic carbocycles. The van der Waals surface area contributed by atoms with Crippen molar-refractivity contribution in [2.24, 2.45) is 11.8 Å². The molecule has 0 saturated carbocycles. The van der Waals surface area contributed by atoms with Gasteiger partial charge in [0.2, 0.25) is 0 Å². The van der Waals surface area contributed by atoms with E-state index in [2.05, 4.69) is 26.0 Å². The van der Waals surface area contributed by atoms with Crippen LogP contribution in [0, 0.1) is 11.8 Å². The summed E-state index contributed by atoms with van der Waals surface area (Å²) in [5.74, 6) is 1.74. The van der Waals surface area contributed by atoms with E-state index in [9.17, 15) is 4.79 Å². The maximum atomic E-state index is 11.6. The lowest BCUT2D eigenvalue weighted by Gasteiger charge is -2.29. The average molecular weight is 192 g/mol. The maximum absolute atomic E-state index is 11.6. The van der Waals surface area contributed by atoms with Crippen molar-refractivity contribution in [1.82, 2.24) is 0 Å². The Morgan fingerprint density at radius 1 is 1.50 bits per heavy atom. The first-order chi connectivity index (χ1) is 6.70. The van der Waals surface area contributed by atoms with Crippen LogP contribution in [0.1, 0.15) is 26.7 Å². The predicted molar refractivity (Wildman–Crippen MR) is 54.7 cm³/mol.